The number of amides is 1. The third-order valence-corrected chi connectivity index (χ3v) is 2.59. The molecular weight excluding hydrogens is 264 g/mol. The van der Waals surface area contributed by atoms with Gasteiger partial charge in [-0.05, 0) is 17.5 Å². The van der Waals surface area contributed by atoms with Gasteiger partial charge in [0, 0.05) is 18.7 Å². The minimum atomic E-state index is -0.721. The minimum Gasteiger partial charge on any atom is -0.417 e. The highest BCUT2D eigenvalue weighted by Gasteiger charge is 2.14. The normalized spacial score (nSPS) is 10.2. The lowest BCUT2D eigenvalue weighted by molar-refractivity contribution is -0.384. The molecule has 0 unspecified atom stereocenters. The molecule has 0 radical (unpaired) electrons. The summed E-state index contributed by atoms with van der Waals surface area (Å²) in [5.41, 5.74) is -0.887. The smallest absolute Gasteiger partial charge is 0.344 e. The number of carbonyl (C=O) groups excluding carboxylic acids is 1. The van der Waals surface area contributed by atoms with E-state index in [1.165, 1.54) is 30.3 Å². The number of nitro groups is 1. The van der Waals surface area contributed by atoms with Gasteiger partial charge in [0.05, 0.1) is 10.3 Å². The molecular formula is C13H10N2O5. The van der Waals surface area contributed by atoms with E-state index in [9.17, 15) is 19.7 Å². The second kappa shape index (κ2) is 5.35. The summed E-state index contributed by atoms with van der Waals surface area (Å²) in [5, 5.41) is 13.6. The fourth-order valence-corrected chi connectivity index (χ4v) is 1.66. The van der Waals surface area contributed by atoms with Crippen molar-refractivity contribution in [1.29, 1.82) is 0 Å². The van der Waals surface area contributed by atoms with Crippen LogP contribution in [0.1, 0.15) is 10.6 Å². The summed E-state index contributed by atoms with van der Waals surface area (Å²) in [4.78, 5) is 33.5. The second-order valence-electron chi connectivity index (χ2n) is 3.93. The number of non-ortho nitro benzene ring substituents is 1. The van der Waals surface area contributed by atoms with Gasteiger partial charge in [0.2, 0.25) is 0 Å². The summed E-state index contributed by atoms with van der Waals surface area (Å²) in [5.74, 6) is -0.791. The topological polar surface area (TPSA) is 102 Å². The number of nitro benzene ring substituents is 1. The van der Waals surface area contributed by atoms with Crippen molar-refractivity contribution in [3.8, 4) is 0 Å². The van der Waals surface area contributed by atoms with Crippen LogP contribution in [0, 0.1) is 10.1 Å². The predicted molar refractivity (Wildman–Crippen MR) is 71.7 cm³/mol. The molecule has 0 spiro atoms. The molecule has 7 nitrogen and oxygen atoms in total. The number of hydrogen-bond donors (Lipinski definition) is 1. The molecule has 2 aromatic rings. The molecule has 102 valence electrons. The molecule has 1 amide bonds. The van der Waals surface area contributed by atoms with E-state index >= 15 is 0 Å². The third kappa shape index (κ3) is 2.56. The van der Waals surface area contributed by atoms with E-state index in [1.807, 2.05) is 0 Å². The highest BCUT2D eigenvalue weighted by molar-refractivity contribution is 5.95. The Morgan fingerprint density at radius 2 is 2.20 bits per heavy atom. The maximum atomic E-state index is 11.7. The Bertz CT molecular complexity index is 763. The molecule has 0 aliphatic rings. The van der Waals surface area contributed by atoms with Crippen LogP contribution in [0.2, 0.25) is 0 Å². The fraction of sp³-hybridized carbons (Fsp3) is 0.0769. The Morgan fingerprint density at radius 3 is 2.85 bits per heavy atom. The molecule has 0 aliphatic heterocycles. The zero-order valence-corrected chi connectivity index (χ0v) is 10.3. The molecule has 0 fully saturated rings. The number of hydrogen-bond acceptors (Lipinski definition) is 5. The number of fused-ring (bicyclic) bond motifs is 1. The molecule has 1 aromatic heterocycles. The molecule has 1 heterocycles. The average molecular weight is 274 g/mol. The van der Waals surface area contributed by atoms with E-state index in [0.717, 1.165) is 0 Å². The Balaban J connectivity index is 2.54. The monoisotopic (exact) mass is 274 g/mol. The molecule has 0 saturated heterocycles. The van der Waals surface area contributed by atoms with Crippen LogP contribution in [0.25, 0.3) is 10.8 Å². The van der Waals surface area contributed by atoms with Crippen LogP contribution in [-0.2, 0) is 0 Å². The number of rotatable bonds is 4. The lowest BCUT2D eigenvalue weighted by Crippen LogP contribution is -2.24. The number of carbonyl (C=O) groups is 1. The highest BCUT2D eigenvalue weighted by atomic mass is 16.6. The van der Waals surface area contributed by atoms with Crippen LogP contribution in [0.4, 0.5) is 5.69 Å². The minimum absolute atomic E-state index is 0.166. The quantitative estimate of drug-likeness (QED) is 0.518. The molecule has 1 N–H and O–H groups in total. The molecule has 20 heavy (non-hydrogen) atoms. The molecule has 7 heteroatoms. The van der Waals surface area contributed by atoms with Gasteiger partial charge in [-0.15, -0.1) is 6.58 Å². The summed E-state index contributed by atoms with van der Waals surface area (Å²) in [6.45, 7) is 3.66. The third-order valence-electron chi connectivity index (χ3n) is 2.59. The maximum absolute atomic E-state index is 11.7. The van der Waals surface area contributed by atoms with E-state index in [4.69, 9.17) is 4.42 Å². The van der Waals surface area contributed by atoms with Gasteiger partial charge >= 0.3 is 5.63 Å². The second-order valence-corrected chi connectivity index (χ2v) is 3.93. The Morgan fingerprint density at radius 1 is 1.45 bits per heavy atom. The first-order valence-electron chi connectivity index (χ1n) is 5.64. The zero-order valence-electron chi connectivity index (χ0n) is 10.3. The van der Waals surface area contributed by atoms with Crippen molar-refractivity contribution in [2.75, 3.05) is 6.54 Å². The molecule has 2 rings (SSSR count). The highest BCUT2D eigenvalue weighted by Crippen LogP contribution is 2.19. The van der Waals surface area contributed by atoms with Gasteiger partial charge < -0.3 is 9.73 Å². The molecule has 1 aromatic carbocycles. The van der Waals surface area contributed by atoms with E-state index < -0.39 is 16.5 Å². The maximum Gasteiger partial charge on any atom is 0.344 e. The van der Waals surface area contributed by atoms with Crippen LogP contribution in [0.5, 0.6) is 0 Å². The van der Waals surface area contributed by atoms with Crippen LogP contribution in [-0.4, -0.2) is 17.4 Å². The van der Waals surface area contributed by atoms with Gasteiger partial charge in [-0.2, -0.15) is 0 Å². The van der Waals surface area contributed by atoms with Gasteiger partial charge in [-0.3, -0.25) is 14.9 Å². The van der Waals surface area contributed by atoms with Crippen molar-refractivity contribution >= 4 is 22.4 Å². The van der Waals surface area contributed by atoms with E-state index in [-0.39, 0.29) is 28.8 Å². The SMILES string of the molecule is C=CCNC(=O)c1cc2cc([N+](=O)[O-])ccc2c(=O)o1. The number of benzene rings is 1. The largest absolute Gasteiger partial charge is 0.417 e. The van der Waals surface area contributed by atoms with Crippen LogP contribution >= 0.6 is 0 Å². The number of nitrogens with zero attached hydrogens (tertiary/aromatic N) is 1. The summed E-state index contributed by atoms with van der Waals surface area (Å²) >= 11 is 0. The number of nitrogens with one attached hydrogen (secondary N) is 1. The molecule has 0 aliphatic carbocycles. The van der Waals surface area contributed by atoms with Crippen LogP contribution in [0.15, 0.2) is 46.1 Å². The first kappa shape index (κ1) is 13.5. The van der Waals surface area contributed by atoms with Crippen molar-refractivity contribution in [1.82, 2.24) is 5.32 Å². The van der Waals surface area contributed by atoms with Crippen molar-refractivity contribution in [2.24, 2.45) is 0 Å². The first-order valence-corrected chi connectivity index (χ1v) is 5.64. The zero-order chi connectivity index (χ0) is 14.7. The predicted octanol–water partition coefficient (Wildman–Crippen LogP) is 1.62. The molecule has 0 bridgehead atoms. The summed E-state index contributed by atoms with van der Waals surface area (Å²) in [6.07, 6.45) is 1.47. The van der Waals surface area contributed by atoms with Crippen molar-refractivity contribution in [3.63, 3.8) is 0 Å². The standard InChI is InChI=1S/C13H10N2O5/c1-2-5-14-12(16)11-7-8-6-9(15(18)19)3-4-10(8)13(17)20-11/h2-4,6-7H,1,5H2,(H,14,16). The summed E-state index contributed by atoms with van der Waals surface area (Å²) in [7, 11) is 0. The Labute approximate surface area is 112 Å². The van der Waals surface area contributed by atoms with Gasteiger partial charge in [0.1, 0.15) is 0 Å². The lowest BCUT2D eigenvalue weighted by atomic mass is 10.1. The summed E-state index contributed by atoms with van der Waals surface area (Å²) < 4.78 is 4.88. The van der Waals surface area contributed by atoms with Crippen LogP contribution in [0.3, 0.4) is 0 Å². The van der Waals surface area contributed by atoms with E-state index in [1.54, 1.807) is 0 Å². The average Bonchev–Trinajstić information content (AvgIpc) is 2.43. The first-order chi connectivity index (χ1) is 9.52. The van der Waals surface area contributed by atoms with E-state index in [2.05, 4.69) is 11.9 Å². The van der Waals surface area contributed by atoms with Gasteiger partial charge in [0.15, 0.2) is 5.76 Å². The van der Waals surface area contributed by atoms with Crippen molar-refractivity contribution in [2.45, 2.75) is 0 Å². The van der Waals surface area contributed by atoms with Gasteiger partial charge in [-0.25, -0.2) is 4.79 Å². The lowest BCUT2D eigenvalue weighted by Gasteiger charge is -2.02. The van der Waals surface area contributed by atoms with Crippen molar-refractivity contribution < 1.29 is 14.1 Å². The molecule has 0 atom stereocenters. The van der Waals surface area contributed by atoms with Gasteiger partial charge in [0.25, 0.3) is 11.6 Å². The fourth-order valence-electron chi connectivity index (χ4n) is 1.66. The Kier molecular flexibility index (Phi) is 3.60. The van der Waals surface area contributed by atoms with E-state index in [0.29, 0.717) is 0 Å². The van der Waals surface area contributed by atoms with Crippen LogP contribution < -0.4 is 10.9 Å². The van der Waals surface area contributed by atoms with Gasteiger partial charge in [-0.1, -0.05) is 6.08 Å². The van der Waals surface area contributed by atoms with Crippen molar-refractivity contribution in [3.05, 3.63) is 63.2 Å². The molecule has 0 saturated carbocycles. The Hall–Kier alpha value is -2.96. The summed E-state index contributed by atoms with van der Waals surface area (Å²) in [6, 6.07) is 5.01.